The maximum atomic E-state index is 9.24. The smallest absolute Gasteiger partial charge is 0.126 e. The van der Waals surface area contributed by atoms with Crippen LogP contribution in [0.3, 0.4) is 0 Å². The van der Waals surface area contributed by atoms with Crippen LogP contribution in [-0.4, -0.2) is 23.9 Å². The molecule has 1 aliphatic heterocycles. The highest BCUT2D eigenvalue weighted by molar-refractivity contribution is 6.31. The number of aliphatic hydroxyl groups excluding tert-OH is 1. The van der Waals surface area contributed by atoms with Gasteiger partial charge in [-0.15, -0.1) is 0 Å². The van der Waals surface area contributed by atoms with E-state index in [1.807, 2.05) is 12.1 Å². The molecule has 2 unspecified atom stereocenters. The molecule has 0 bridgehead atoms. The topological polar surface area (TPSA) is 38.7 Å². The Morgan fingerprint density at radius 3 is 2.94 bits per heavy atom. The SMILES string of the molecule is CC1CCC(COc2cccc(Cl)c2CO)O1. The number of hydrogen-bond acceptors (Lipinski definition) is 3. The van der Waals surface area contributed by atoms with Gasteiger partial charge in [-0.05, 0) is 31.9 Å². The minimum absolute atomic E-state index is 0.114. The number of benzene rings is 1. The van der Waals surface area contributed by atoms with Gasteiger partial charge in [0.15, 0.2) is 0 Å². The van der Waals surface area contributed by atoms with Crippen molar-refractivity contribution in [3.05, 3.63) is 28.8 Å². The molecule has 0 spiro atoms. The number of halogens is 1. The summed E-state index contributed by atoms with van der Waals surface area (Å²) >= 11 is 5.98. The molecule has 1 aromatic rings. The van der Waals surface area contributed by atoms with E-state index < -0.39 is 0 Å². The van der Waals surface area contributed by atoms with Crippen molar-refractivity contribution < 1.29 is 14.6 Å². The average Bonchev–Trinajstić information content (AvgIpc) is 2.72. The number of rotatable bonds is 4. The van der Waals surface area contributed by atoms with Gasteiger partial charge in [0.2, 0.25) is 0 Å². The standard InChI is InChI=1S/C13H17ClO3/c1-9-5-6-10(17-9)8-16-13-4-2-3-12(14)11(13)7-15/h2-4,9-10,15H,5-8H2,1H3. The van der Waals surface area contributed by atoms with E-state index in [1.54, 1.807) is 6.07 Å². The van der Waals surface area contributed by atoms with Crippen LogP contribution in [0, 0.1) is 0 Å². The molecule has 1 fully saturated rings. The Kier molecular flexibility index (Phi) is 4.26. The van der Waals surface area contributed by atoms with Crippen molar-refractivity contribution in [3.63, 3.8) is 0 Å². The van der Waals surface area contributed by atoms with Gasteiger partial charge in [0.05, 0.1) is 18.8 Å². The molecule has 0 aromatic heterocycles. The second-order valence-corrected chi connectivity index (χ2v) is 4.74. The number of hydrogen-bond donors (Lipinski definition) is 1. The van der Waals surface area contributed by atoms with Gasteiger partial charge in [-0.25, -0.2) is 0 Å². The van der Waals surface area contributed by atoms with Gasteiger partial charge in [-0.1, -0.05) is 17.7 Å². The zero-order valence-corrected chi connectivity index (χ0v) is 10.6. The van der Waals surface area contributed by atoms with Gasteiger partial charge in [-0.2, -0.15) is 0 Å². The fourth-order valence-electron chi connectivity index (χ4n) is 2.02. The first-order chi connectivity index (χ1) is 8.20. The monoisotopic (exact) mass is 256 g/mol. The molecule has 1 aliphatic rings. The molecule has 0 amide bonds. The summed E-state index contributed by atoms with van der Waals surface area (Å²) in [6, 6.07) is 5.37. The molecule has 3 nitrogen and oxygen atoms in total. The van der Waals surface area contributed by atoms with Crippen LogP contribution in [0.1, 0.15) is 25.3 Å². The Labute approximate surface area is 106 Å². The lowest BCUT2D eigenvalue weighted by Crippen LogP contribution is -2.18. The minimum atomic E-state index is -0.114. The quantitative estimate of drug-likeness (QED) is 0.900. The van der Waals surface area contributed by atoms with Crippen LogP contribution in [-0.2, 0) is 11.3 Å². The summed E-state index contributed by atoms with van der Waals surface area (Å²) in [5.74, 6) is 0.642. The van der Waals surface area contributed by atoms with E-state index in [4.69, 9.17) is 21.1 Å². The predicted octanol–water partition coefficient (Wildman–Crippen LogP) is 2.78. The molecule has 1 N–H and O–H groups in total. The minimum Gasteiger partial charge on any atom is -0.490 e. The summed E-state index contributed by atoms with van der Waals surface area (Å²) in [7, 11) is 0. The van der Waals surface area contributed by atoms with Gasteiger partial charge in [0.1, 0.15) is 12.4 Å². The third kappa shape index (κ3) is 3.12. The Balaban J connectivity index is 1.97. The lowest BCUT2D eigenvalue weighted by Gasteiger charge is -2.15. The van der Waals surface area contributed by atoms with Crippen LogP contribution in [0.15, 0.2) is 18.2 Å². The second-order valence-electron chi connectivity index (χ2n) is 4.33. The first kappa shape index (κ1) is 12.7. The van der Waals surface area contributed by atoms with Crippen molar-refractivity contribution in [2.24, 2.45) is 0 Å². The van der Waals surface area contributed by atoms with E-state index in [0.717, 1.165) is 12.8 Å². The highest BCUT2D eigenvalue weighted by atomic mass is 35.5. The Bertz CT molecular complexity index is 381. The molecular weight excluding hydrogens is 240 g/mol. The maximum Gasteiger partial charge on any atom is 0.126 e. The molecule has 1 aromatic carbocycles. The van der Waals surface area contributed by atoms with E-state index in [-0.39, 0.29) is 12.7 Å². The average molecular weight is 257 g/mol. The molecule has 2 rings (SSSR count). The Hall–Kier alpha value is -0.770. The molecular formula is C13H17ClO3. The highest BCUT2D eigenvalue weighted by Gasteiger charge is 2.22. The summed E-state index contributed by atoms with van der Waals surface area (Å²) < 4.78 is 11.3. The first-order valence-electron chi connectivity index (χ1n) is 5.87. The van der Waals surface area contributed by atoms with Crippen molar-refractivity contribution in [1.82, 2.24) is 0 Å². The molecule has 0 saturated carbocycles. The van der Waals surface area contributed by atoms with Crippen LogP contribution in [0.5, 0.6) is 5.75 Å². The zero-order valence-electron chi connectivity index (χ0n) is 9.86. The largest absolute Gasteiger partial charge is 0.490 e. The van der Waals surface area contributed by atoms with Gasteiger partial charge in [-0.3, -0.25) is 0 Å². The van der Waals surface area contributed by atoms with Crippen LogP contribution in [0.25, 0.3) is 0 Å². The van der Waals surface area contributed by atoms with Crippen molar-refractivity contribution in [3.8, 4) is 5.75 Å². The van der Waals surface area contributed by atoms with Gasteiger partial charge in [0.25, 0.3) is 0 Å². The molecule has 1 saturated heterocycles. The number of aliphatic hydroxyl groups is 1. The molecule has 17 heavy (non-hydrogen) atoms. The van der Waals surface area contributed by atoms with Crippen molar-refractivity contribution in [2.45, 2.75) is 38.6 Å². The van der Waals surface area contributed by atoms with Gasteiger partial charge >= 0.3 is 0 Å². The van der Waals surface area contributed by atoms with Crippen molar-refractivity contribution in [1.29, 1.82) is 0 Å². The van der Waals surface area contributed by atoms with E-state index in [0.29, 0.717) is 29.0 Å². The summed E-state index contributed by atoms with van der Waals surface area (Å²) in [5.41, 5.74) is 0.639. The summed E-state index contributed by atoms with van der Waals surface area (Å²) in [4.78, 5) is 0. The first-order valence-corrected chi connectivity index (χ1v) is 6.25. The third-order valence-corrected chi connectivity index (χ3v) is 3.33. The zero-order chi connectivity index (χ0) is 12.3. The second kappa shape index (κ2) is 5.71. The summed E-state index contributed by atoms with van der Waals surface area (Å²) in [6.45, 7) is 2.47. The fraction of sp³-hybridized carbons (Fsp3) is 0.538. The fourth-order valence-corrected chi connectivity index (χ4v) is 2.24. The van der Waals surface area contributed by atoms with E-state index in [9.17, 15) is 5.11 Å². The molecule has 0 radical (unpaired) electrons. The maximum absolute atomic E-state index is 9.24. The van der Waals surface area contributed by atoms with Crippen molar-refractivity contribution >= 4 is 11.6 Å². The Morgan fingerprint density at radius 2 is 2.29 bits per heavy atom. The summed E-state index contributed by atoms with van der Waals surface area (Å²) in [6.07, 6.45) is 2.57. The molecule has 1 heterocycles. The lowest BCUT2D eigenvalue weighted by atomic mass is 10.2. The van der Waals surface area contributed by atoms with Crippen LogP contribution >= 0.6 is 11.6 Å². The van der Waals surface area contributed by atoms with Crippen LogP contribution < -0.4 is 4.74 Å². The summed E-state index contributed by atoms with van der Waals surface area (Å²) in [5, 5.41) is 9.77. The lowest BCUT2D eigenvalue weighted by molar-refractivity contribution is 0.0260. The highest BCUT2D eigenvalue weighted by Crippen LogP contribution is 2.27. The van der Waals surface area contributed by atoms with Crippen molar-refractivity contribution in [2.75, 3.05) is 6.61 Å². The van der Waals surface area contributed by atoms with E-state index in [2.05, 4.69) is 6.92 Å². The van der Waals surface area contributed by atoms with E-state index >= 15 is 0 Å². The van der Waals surface area contributed by atoms with Crippen LogP contribution in [0.2, 0.25) is 5.02 Å². The number of ether oxygens (including phenoxy) is 2. The van der Waals surface area contributed by atoms with Gasteiger partial charge in [0, 0.05) is 10.6 Å². The molecule has 4 heteroatoms. The molecule has 94 valence electrons. The molecule has 2 atom stereocenters. The third-order valence-electron chi connectivity index (χ3n) is 2.98. The Morgan fingerprint density at radius 1 is 1.47 bits per heavy atom. The molecule has 0 aliphatic carbocycles. The normalized spacial score (nSPS) is 23.9. The predicted molar refractivity (Wildman–Crippen MR) is 66.4 cm³/mol. The van der Waals surface area contributed by atoms with Crippen LogP contribution in [0.4, 0.5) is 0 Å². The van der Waals surface area contributed by atoms with E-state index in [1.165, 1.54) is 0 Å². The van der Waals surface area contributed by atoms with Gasteiger partial charge < -0.3 is 14.6 Å².